The van der Waals surface area contributed by atoms with Gasteiger partial charge in [-0.05, 0) is 0 Å². The predicted molar refractivity (Wildman–Crippen MR) is 68.2 cm³/mol. The molecule has 10 nitrogen and oxygen atoms in total. The maximum Gasteiger partial charge on any atom is 0.300 e. The van der Waals surface area contributed by atoms with Crippen LogP contribution in [0, 0.1) is 10.1 Å². The summed E-state index contributed by atoms with van der Waals surface area (Å²) in [6.45, 7) is 0. The molecule has 0 fully saturated rings. The van der Waals surface area contributed by atoms with Gasteiger partial charge in [0.25, 0.3) is 11.6 Å². The summed E-state index contributed by atoms with van der Waals surface area (Å²) in [5.41, 5.74) is -0.563. The number of aromatic nitrogens is 4. The Labute approximate surface area is 112 Å². The van der Waals surface area contributed by atoms with Crippen LogP contribution in [0.25, 0.3) is 0 Å². The minimum atomic E-state index is -0.719. The maximum atomic E-state index is 12.0. The smallest absolute Gasteiger partial charge is 0.300 e. The lowest BCUT2D eigenvalue weighted by atomic mass is 10.2. The highest BCUT2D eigenvalue weighted by Crippen LogP contribution is 2.20. The van der Waals surface area contributed by atoms with Crippen LogP contribution in [0.4, 0.5) is 17.5 Å². The van der Waals surface area contributed by atoms with Crippen LogP contribution in [-0.4, -0.2) is 38.0 Å². The summed E-state index contributed by atoms with van der Waals surface area (Å²) in [5, 5.41) is 23.0. The number of rotatable bonds is 4. The van der Waals surface area contributed by atoms with Crippen LogP contribution in [0.1, 0.15) is 10.4 Å². The van der Waals surface area contributed by atoms with Crippen molar-refractivity contribution in [3.8, 4) is 0 Å². The molecule has 1 amide bonds. The zero-order valence-electron chi connectivity index (χ0n) is 10.3. The normalized spacial score (nSPS) is 9.85. The van der Waals surface area contributed by atoms with E-state index in [1.165, 1.54) is 18.5 Å². The predicted octanol–water partition coefficient (Wildman–Crippen LogP) is 0.469. The zero-order chi connectivity index (χ0) is 14.5. The monoisotopic (exact) mass is 275 g/mol. The summed E-state index contributed by atoms with van der Waals surface area (Å²) in [6.07, 6.45) is 3.68. The SMILES string of the molecule is CNc1cc(C(=O)Nc2nccnn2)c([N+](=O)[O-])cn1. The van der Waals surface area contributed by atoms with E-state index in [2.05, 4.69) is 30.8 Å². The third-order valence-corrected chi connectivity index (χ3v) is 2.29. The molecule has 0 saturated carbocycles. The molecule has 2 rings (SSSR count). The lowest BCUT2D eigenvalue weighted by molar-refractivity contribution is -0.385. The van der Waals surface area contributed by atoms with Gasteiger partial charge in [0.05, 0.1) is 17.3 Å². The first-order chi connectivity index (χ1) is 9.61. The molecule has 0 atom stereocenters. The van der Waals surface area contributed by atoms with Crippen LogP contribution in [0.3, 0.4) is 0 Å². The van der Waals surface area contributed by atoms with Gasteiger partial charge < -0.3 is 5.32 Å². The fourth-order valence-corrected chi connectivity index (χ4v) is 1.39. The number of nitrogens with one attached hydrogen (secondary N) is 2. The van der Waals surface area contributed by atoms with Crippen molar-refractivity contribution in [3.63, 3.8) is 0 Å². The average Bonchev–Trinajstić information content (AvgIpc) is 2.47. The number of carbonyl (C=O) groups excluding carboxylic acids is 1. The van der Waals surface area contributed by atoms with Crippen LogP contribution in [0.2, 0.25) is 0 Å². The number of nitro groups is 1. The number of carbonyl (C=O) groups is 1. The molecule has 0 aliphatic carbocycles. The van der Waals surface area contributed by atoms with Crippen molar-refractivity contribution in [1.29, 1.82) is 0 Å². The van der Waals surface area contributed by atoms with Gasteiger partial charge in [-0.15, -0.1) is 5.10 Å². The molecule has 10 heteroatoms. The molecular weight excluding hydrogens is 266 g/mol. The van der Waals surface area contributed by atoms with Gasteiger partial charge in [-0.2, -0.15) is 5.10 Å². The van der Waals surface area contributed by atoms with Gasteiger partial charge in [0.1, 0.15) is 17.6 Å². The third-order valence-electron chi connectivity index (χ3n) is 2.29. The van der Waals surface area contributed by atoms with Crippen molar-refractivity contribution >= 4 is 23.4 Å². The van der Waals surface area contributed by atoms with E-state index in [-0.39, 0.29) is 11.5 Å². The van der Waals surface area contributed by atoms with Gasteiger partial charge in [-0.1, -0.05) is 0 Å². The van der Waals surface area contributed by atoms with Gasteiger partial charge in [0.2, 0.25) is 5.95 Å². The van der Waals surface area contributed by atoms with Crippen LogP contribution < -0.4 is 10.6 Å². The minimum Gasteiger partial charge on any atom is -0.373 e. The van der Waals surface area contributed by atoms with E-state index in [0.29, 0.717) is 5.82 Å². The third kappa shape index (κ3) is 2.80. The molecule has 2 aromatic heterocycles. The van der Waals surface area contributed by atoms with Crippen molar-refractivity contribution < 1.29 is 9.72 Å². The Kier molecular flexibility index (Phi) is 3.75. The highest BCUT2D eigenvalue weighted by molar-refractivity contribution is 6.06. The number of pyridine rings is 1. The van der Waals surface area contributed by atoms with E-state index in [0.717, 1.165) is 6.20 Å². The lowest BCUT2D eigenvalue weighted by Gasteiger charge is -2.05. The number of hydrogen-bond donors (Lipinski definition) is 2. The number of anilines is 2. The molecule has 2 heterocycles. The summed E-state index contributed by atoms with van der Waals surface area (Å²) >= 11 is 0. The lowest BCUT2D eigenvalue weighted by Crippen LogP contribution is -2.16. The highest BCUT2D eigenvalue weighted by Gasteiger charge is 2.22. The van der Waals surface area contributed by atoms with Gasteiger partial charge in [0.15, 0.2) is 0 Å². The molecular formula is C10H9N7O3. The van der Waals surface area contributed by atoms with E-state index < -0.39 is 16.5 Å². The number of nitrogens with zero attached hydrogens (tertiary/aromatic N) is 5. The fourth-order valence-electron chi connectivity index (χ4n) is 1.39. The average molecular weight is 275 g/mol. The Morgan fingerprint density at radius 3 is 2.75 bits per heavy atom. The topological polar surface area (TPSA) is 136 Å². The standard InChI is InChI=1S/C10H9N7O3/c1-11-8-4-6(7(5-13-8)17(19)20)9(18)15-10-12-2-3-14-16-10/h2-5H,1H3,(H,11,13)(H,12,15,16,18). The molecule has 0 aliphatic heterocycles. The molecule has 20 heavy (non-hydrogen) atoms. The first-order valence-corrected chi connectivity index (χ1v) is 5.39. The summed E-state index contributed by atoms with van der Waals surface area (Å²) in [7, 11) is 1.58. The molecule has 2 aromatic rings. The van der Waals surface area contributed by atoms with Crippen LogP contribution >= 0.6 is 0 Å². The van der Waals surface area contributed by atoms with Crippen molar-refractivity contribution in [1.82, 2.24) is 20.2 Å². The summed E-state index contributed by atoms with van der Waals surface area (Å²) < 4.78 is 0. The second-order valence-corrected chi connectivity index (χ2v) is 3.51. The molecule has 0 saturated heterocycles. The van der Waals surface area contributed by atoms with E-state index in [1.807, 2.05) is 0 Å². The largest absolute Gasteiger partial charge is 0.373 e. The Morgan fingerprint density at radius 2 is 2.15 bits per heavy atom. The molecule has 0 spiro atoms. The first-order valence-electron chi connectivity index (χ1n) is 5.39. The van der Waals surface area contributed by atoms with Crippen molar-refractivity contribution in [2.24, 2.45) is 0 Å². The number of hydrogen-bond acceptors (Lipinski definition) is 8. The maximum absolute atomic E-state index is 12.0. The summed E-state index contributed by atoms with van der Waals surface area (Å²) in [4.78, 5) is 29.8. The molecule has 0 aromatic carbocycles. The second kappa shape index (κ2) is 5.65. The highest BCUT2D eigenvalue weighted by atomic mass is 16.6. The molecule has 102 valence electrons. The molecule has 0 unspecified atom stereocenters. The van der Waals surface area contributed by atoms with E-state index in [4.69, 9.17) is 0 Å². The molecule has 0 aliphatic rings. The van der Waals surface area contributed by atoms with Crippen LogP contribution in [0.15, 0.2) is 24.7 Å². The van der Waals surface area contributed by atoms with Crippen LogP contribution in [-0.2, 0) is 0 Å². The Bertz CT molecular complexity index is 647. The van der Waals surface area contributed by atoms with Crippen molar-refractivity contribution in [3.05, 3.63) is 40.3 Å². The van der Waals surface area contributed by atoms with E-state index in [9.17, 15) is 14.9 Å². The second-order valence-electron chi connectivity index (χ2n) is 3.51. The van der Waals surface area contributed by atoms with Gasteiger partial charge in [-0.25, -0.2) is 9.97 Å². The quantitative estimate of drug-likeness (QED) is 0.607. The van der Waals surface area contributed by atoms with Crippen molar-refractivity contribution in [2.45, 2.75) is 0 Å². The fraction of sp³-hybridized carbons (Fsp3) is 0.100. The van der Waals surface area contributed by atoms with Crippen molar-refractivity contribution in [2.75, 3.05) is 17.7 Å². The van der Waals surface area contributed by atoms with E-state index in [1.54, 1.807) is 7.05 Å². The Morgan fingerprint density at radius 1 is 1.35 bits per heavy atom. The molecule has 0 bridgehead atoms. The summed E-state index contributed by atoms with van der Waals surface area (Å²) in [6, 6.07) is 1.27. The Hall–Kier alpha value is -3.17. The first kappa shape index (κ1) is 13.3. The van der Waals surface area contributed by atoms with Crippen LogP contribution in [0.5, 0.6) is 0 Å². The zero-order valence-corrected chi connectivity index (χ0v) is 10.3. The summed E-state index contributed by atoms with van der Waals surface area (Å²) in [5.74, 6) is -0.439. The molecule has 2 N–H and O–H groups in total. The Balaban J connectivity index is 2.35. The van der Waals surface area contributed by atoms with Gasteiger partial charge in [-0.3, -0.25) is 20.2 Å². The minimum absolute atomic E-state index is 0.0467. The number of amides is 1. The van der Waals surface area contributed by atoms with Gasteiger partial charge in [0, 0.05) is 13.1 Å². The van der Waals surface area contributed by atoms with Gasteiger partial charge >= 0.3 is 0 Å². The molecule has 0 radical (unpaired) electrons. The van der Waals surface area contributed by atoms with E-state index >= 15 is 0 Å².